The molecule has 0 saturated heterocycles. The van der Waals surface area contributed by atoms with E-state index in [1.807, 2.05) is 42.5 Å². The predicted molar refractivity (Wildman–Crippen MR) is 75.2 cm³/mol. The van der Waals surface area contributed by atoms with E-state index in [1.54, 1.807) is 12.1 Å². The molecule has 18 heavy (non-hydrogen) atoms. The number of nitriles is 1. The first-order valence-electron chi connectivity index (χ1n) is 5.52. The van der Waals surface area contributed by atoms with Gasteiger partial charge in [0.15, 0.2) is 0 Å². The molecule has 0 saturated carbocycles. The Morgan fingerprint density at radius 2 is 1.39 bits per heavy atom. The molecule has 2 rings (SSSR count). The molecule has 0 aromatic heterocycles. The van der Waals surface area contributed by atoms with Crippen molar-refractivity contribution in [3.05, 3.63) is 59.7 Å². The third-order valence-corrected chi connectivity index (χ3v) is 2.59. The molecule has 0 fully saturated rings. The number of allylic oxidation sites excluding steroid dienone is 1. The summed E-state index contributed by atoms with van der Waals surface area (Å²) >= 11 is 0. The smallest absolute Gasteiger partial charge is 0.0998 e. The molecule has 88 valence electrons. The van der Waals surface area contributed by atoms with Gasteiger partial charge in [-0.25, -0.2) is 0 Å². The van der Waals surface area contributed by atoms with Gasteiger partial charge in [0, 0.05) is 11.4 Å². The minimum atomic E-state index is 0.597. The maximum Gasteiger partial charge on any atom is 0.0998 e. The van der Waals surface area contributed by atoms with Crippen LogP contribution in [0.1, 0.15) is 11.1 Å². The Bertz CT molecular complexity index is 602. The highest BCUT2D eigenvalue weighted by molar-refractivity contribution is 5.89. The molecule has 0 bridgehead atoms. The molecule has 0 atom stereocenters. The average molecular weight is 235 g/mol. The Morgan fingerprint density at radius 1 is 0.889 bits per heavy atom. The Morgan fingerprint density at radius 3 is 1.89 bits per heavy atom. The number of nitrogens with zero attached hydrogens (tertiary/aromatic N) is 1. The van der Waals surface area contributed by atoms with Crippen molar-refractivity contribution in [1.82, 2.24) is 0 Å². The van der Waals surface area contributed by atoms with Gasteiger partial charge in [-0.05, 0) is 41.5 Å². The van der Waals surface area contributed by atoms with Crippen LogP contribution in [-0.4, -0.2) is 0 Å². The summed E-state index contributed by atoms with van der Waals surface area (Å²) in [5.74, 6) is 0. The molecular weight excluding hydrogens is 222 g/mol. The lowest BCUT2D eigenvalue weighted by Gasteiger charge is -2.01. The quantitative estimate of drug-likeness (QED) is 0.477. The van der Waals surface area contributed by atoms with Crippen molar-refractivity contribution < 1.29 is 0 Å². The maximum absolute atomic E-state index is 9.19. The first-order valence-corrected chi connectivity index (χ1v) is 5.52. The van der Waals surface area contributed by atoms with Crippen LogP contribution in [0, 0.1) is 11.3 Å². The van der Waals surface area contributed by atoms with Crippen molar-refractivity contribution in [2.45, 2.75) is 0 Å². The second kappa shape index (κ2) is 5.07. The second-order valence-electron chi connectivity index (χ2n) is 3.96. The van der Waals surface area contributed by atoms with E-state index in [4.69, 9.17) is 11.5 Å². The molecule has 4 N–H and O–H groups in total. The van der Waals surface area contributed by atoms with Crippen LogP contribution in [0.3, 0.4) is 0 Å². The van der Waals surface area contributed by atoms with Crippen LogP contribution in [-0.2, 0) is 0 Å². The second-order valence-corrected chi connectivity index (χ2v) is 3.96. The summed E-state index contributed by atoms with van der Waals surface area (Å²) in [6.45, 7) is 0. The normalized spacial score (nSPS) is 10.9. The van der Waals surface area contributed by atoms with Gasteiger partial charge in [-0.1, -0.05) is 24.3 Å². The Kier molecular flexibility index (Phi) is 3.31. The molecular formula is C15H13N3. The van der Waals surface area contributed by atoms with E-state index in [2.05, 4.69) is 6.07 Å². The zero-order chi connectivity index (χ0) is 13.0. The van der Waals surface area contributed by atoms with Crippen LogP contribution in [0.2, 0.25) is 0 Å². The van der Waals surface area contributed by atoms with Crippen molar-refractivity contribution in [3.8, 4) is 6.07 Å². The molecule has 0 unspecified atom stereocenters. The minimum absolute atomic E-state index is 0.597. The van der Waals surface area contributed by atoms with Crippen LogP contribution in [0.25, 0.3) is 11.6 Å². The fourth-order valence-electron chi connectivity index (χ4n) is 1.60. The standard InChI is InChI=1S/C15H13N3/c16-10-13(12-3-7-15(18)8-4-12)9-11-1-5-14(17)6-2-11/h1-9H,17-18H2. The Labute approximate surface area is 106 Å². The van der Waals surface area contributed by atoms with E-state index >= 15 is 0 Å². The lowest BCUT2D eigenvalue weighted by molar-refractivity contribution is 1.52. The summed E-state index contributed by atoms with van der Waals surface area (Å²) < 4.78 is 0. The van der Waals surface area contributed by atoms with Gasteiger partial charge in [-0.3, -0.25) is 0 Å². The highest BCUT2D eigenvalue weighted by atomic mass is 14.5. The summed E-state index contributed by atoms with van der Waals surface area (Å²) in [5.41, 5.74) is 15.0. The first kappa shape index (κ1) is 11.7. The van der Waals surface area contributed by atoms with Gasteiger partial charge in [-0.15, -0.1) is 0 Å². The predicted octanol–water partition coefficient (Wildman–Crippen LogP) is 2.92. The first-order chi connectivity index (χ1) is 8.69. The minimum Gasteiger partial charge on any atom is -0.399 e. The molecule has 0 heterocycles. The van der Waals surface area contributed by atoms with Crippen molar-refractivity contribution >= 4 is 23.0 Å². The molecule has 0 spiro atoms. The van der Waals surface area contributed by atoms with E-state index in [1.165, 1.54) is 0 Å². The van der Waals surface area contributed by atoms with Gasteiger partial charge in [0.1, 0.15) is 0 Å². The van der Waals surface area contributed by atoms with Gasteiger partial charge >= 0.3 is 0 Å². The molecule has 0 radical (unpaired) electrons. The molecule has 0 aliphatic rings. The third-order valence-electron chi connectivity index (χ3n) is 2.59. The number of rotatable bonds is 2. The Balaban J connectivity index is 2.37. The van der Waals surface area contributed by atoms with Crippen LogP contribution < -0.4 is 11.5 Å². The van der Waals surface area contributed by atoms with Crippen molar-refractivity contribution in [3.63, 3.8) is 0 Å². The largest absolute Gasteiger partial charge is 0.399 e. The van der Waals surface area contributed by atoms with Crippen LogP contribution in [0.4, 0.5) is 11.4 Å². The molecule has 3 nitrogen and oxygen atoms in total. The van der Waals surface area contributed by atoms with Crippen molar-refractivity contribution in [1.29, 1.82) is 5.26 Å². The van der Waals surface area contributed by atoms with Crippen molar-refractivity contribution in [2.75, 3.05) is 11.5 Å². The van der Waals surface area contributed by atoms with E-state index in [-0.39, 0.29) is 0 Å². The zero-order valence-corrected chi connectivity index (χ0v) is 9.80. The van der Waals surface area contributed by atoms with Crippen LogP contribution in [0.5, 0.6) is 0 Å². The number of nitrogens with two attached hydrogens (primary N) is 2. The van der Waals surface area contributed by atoms with Gasteiger partial charge in [0.25, 0.3) is 0 Å². The number of anilines is 2. The fourth-order valence-corrected chi connectivity index (χ4v) is 1.60. The Hall–Kier alpha value is -2.73. The summed E-state index contributed by atoms with van der Waals surface area (Å²) in [4.78, 5) is 0. The number of hydrogen-bond acceptors (Lipinski definition) is 3. The van der Waals surface area contributed by atoms with Gasteiger partial charge in [0.2, 0.25) is 0 Å². The average Bonchev–Trinajstić information content (AvgIpc) is 2.39. The van der Waals surface area contributed by atoms with Crippen LogP contribution >= 0.6 is 0 Å². The molecule has 0 aliphatic heterocycles. The van der Waals surface area contributed by atoms with E-state index in [9.17, 15) is 5.26 Å². The van der Waals surface area contributed by atoms with Gasteiger partial charge in [-0.2, -0.15) is 5.26 Å². The molecule has 3 heteroatoms. The maximum atomic E-state index is 9.19. The summed E-state index contributed by atoms with van der Waals surface area (Å²) in [6.07, 6.45) is 1.82. The highest BCUT2D eigenvalue weighted by Gasteiger charge is 2.00. The monoisotopic (exact) mass is 235 g/mol. The number of nitrogen functional groups attached to an aromatic ring is 2. The van der Waals surface area contributed by atoms with Crippen LogP contribution in [0.15, 0.2) is 48.5 Å². The van der Waals surface area contributed by atoms with Gasteiger partial charge in [0.05, 0.1) is 11.6 Å². The van der Waals surface area contributed by atoms with E-state index in [0.717, 1.165) is 11.1 Å². The van der Waals surface area contributed by atoms with E-state index in [0.29, 0.717) is 16.9 Å². The molecule has 0 amide bonds. The summed E-state index contributed by atoms with van der Waals surface area (Å²) in [5, 5.41) is 9.19. The summed E-state index contributed by atoms with van der Waals surface area (Å²) in [7, 11) is 0. The molecule has 2 aromatic carbocycles. The fraction of sp³-hybridized carbons (Fsp3) is 0. The van der Waals surface area contributed by atoms with Crippen molar-refractivity contribution in [2.24, 2.45) is 0 Å². The third kappa shape index (κ3) is 2.69. The summed E-state index contributed by atoms with van der Waals surface area (Å²) in [6, 6.07) is 16.8. The molecule has 0 aliphatic carbocycles. The number of benzene rings is 2. The number of hydrogen-bond donors (Lipinski definition) is 2. The zero-order valence-electron chi connectivity index (χ0n) is 9.80. The topological polar surface area (TPSA) is 75.8 Å². The molecule has 2 aromatic rings. The highest BCUT2D eigenvalue weighted by Crippen LogP contribution is 2.19. The lowest BCUT2D eigenvalue weighted by atomic mass is 10.0. The SMILES string of the molecule is N#CC(=Cc1ccc(N)cc1)c1ccc(N)cc1. The van der Waals surface area contributed by atoms with Gasteiger partial charge < -0.3 is 11.5 Å². The van der Waals surface area contributed by atoms with E-state index < -0.39 is 0 Å². The lowest BCUT2D eigenvalue weighted by Crippen LogP contribution is -1.87.